The quantitative estimate of drug-likeness (QED) is 0.678. The minimum absolute atomic E-state index is 0.0516. The van der Waals surface area contributed by atoms with Crippen LogP contribution in [0, 0.1) is 6.92 Å². The van der Waals surface area contributed by atoms with Gasteiger partial charge in [-0.2, -0.15) is 5.10 Å². The second kappa shape index (κ2) is 9.09. The molecule has 0 bridgehead atoms. The van der Waals surface area contributed by atoms with E-state index in [4.69, 9.17) is 4.74 Å². The minimum atomic E-state index is -0.367. The summed E-state index contributed by atoms with van der Waals surface area (Å²) >= 11 is 0. The number of carbonyl (C=O) groups is 1. The number of anilines is 1. The maximum atomic E-state index is 13.5. The van der Waals surface area contributed by atoms with E-state index < -0.39 is 0 Å². The molecule has 1 amide bonds. The van der Waals surface area contributed by atoms with Gasteiger partial charge in [-0.25, -0.2) is 9.67 Å². The molecule has 30 heavy (non-hydrogen) atoms. The maximum Gasteiger partial charge on any atom is 0.246 e. The number of ether oxygens (including phenoxy) is 1. The van der Waals surface area contributed by atoms with E-state index in [2.05, 4.69) is 20.3 Å². The number of hydrogen-bond donors (Lipinski definition) is 1. The predicted octanol–water partition coefficient (Wildman–Crippen LogP) is 3.61. The van der Waals surface area contributed by atoms with E-state index in [1.54, 1.807) is 19.8 Å². The Morgan fingerprint density at radius 3 is 2.60 bits per heavy atom. The van der Waals surface area contributed by atoms with E-state index in [0.717, 1.165) is 37.1 Å². The second-order valence-electron chi connectivity index (χ2n) is 7.65. The molecule has 1 atom stereocenters. The maximum absolute atomic E-state index is 13.5. The predicted molar refractivity (Wildman–Crippen MR) is 115 cm³/mol. The molecular weight excluding hydrogens is 378 g/mol. The fraction of sp³-hybridized carbons (Fsp3) is 0.348. The number of aryl methyl sites for hydroxylation is 1. The van der Waals surface area contributed by atoms with Crippen LogP contribution in [0.25, 0.3) is 0 Å². The van der Waals surface area contributed by atoms with Crippen LogP contribution in [0.2, 0.25) is 0 Å². The Kier molecular flexibility index (Phi) is 6.09. The van der Waals surface area contributed by atoms with Crippen molar-refractivity contribution >= 4 is 11.6 Å². The van der Waals surface area contributed by atoms with Crippen LogP contribution in [0.3, 0.4) is 0 Å². The first kappa shape index (κ1) is 20.1. The number of hydrogen-bond acceptors (Lipinski definition) is 5. The summed E-state index contributed by atoms with van der Waals surface area (Å²) in [6.45, 7) is 3.61. The number of nitrogens with zero attached hydrogens (tertiary/aromatic N) is 4. The van der Waals surface area contributed by atoms with Crippen LogP contribution in [0.5, 0.6) is 5.75 Å². The van der Waals surface area contributed by atoms with E-state index >= 15 is 0 Å². The zero-order chi connectivity index (χ0) is 20.9. The van der Waals surface area contributed by atoms with Gasteiger partial charge in [-0.05, 0) is 43.0 Å². The highest BCUT2D eigenvalue weighted by Crippen LogP contribution is 2.32. The summed E-state index contributed by atoms with van der Waals surface area (Å²) in [5.41, 5.74) is 2.75. The van der Waals surface area contributed by atoms with Crippen molar-refractivity contribution in [2.75, 3.05) is 25.5 Å². The highest BCUT2D eigenvalue weighted by atomic mass is 16.5. The van der Waals surface area contributed by atoms with Gasteiger partial charge < -0.3 is 10.1 Å². The number of amides is 1. The summed E-state index contributed by atoms with van der Waals surface area (Å²) in [5.74, 6) is 0.606. The molecule has 4 rings (SSSR count). The van der Waals surface area contributed by atoms with Gasteiger partial charge in [0, 0.05) is 13.1 Å². The van der Waals surface area contributed by atoms with Gasteiger partial charge in [0.25, 0.3) is 0 Å². The molecule has 2 aromatic carbocycles. The molecule has 1 aromatic heterocycles. The summed E-state index contributed by atoms with van der Waals surface area (Å²) in [7, 11) is 1.61. The lowest BCUT2D eigenvalue weighted by atomic mass is 9.98. The van der Waals surface area contributed by atoms with E-state index in [1.165, 1.54) is 0 Å². The third kappa shape index (κ3) is 4.36. The van der Waals surface area contributed by atoms with Crippen molar-refractivity contribution in [2.24, 2.45) is 0 Å². The molecule has 1 aliphatic heterocycles. The average Bonchev–Trinajstić information content (AvgIpc) is 3.30. The summed E-state index contributed by atoms with van der Waals surface area (Å²) in [6.07, 6.45) is 5.19. The molecule has 156 valence electrons. The fourth-order valence-corrected chi connectivity index (χ4v) is 4.10. The van der Waals surface area contributed by atoms with Crippen LogP contribution >= 0.6 is 0 Å². The standard InChI is InChI=1S/C23H27N5O2/c1-17-8-9-21(30-2)20(14-17)26-23(29)22(18-6-4-3-5-7-18)27-12-10-19(11-13-27)28-16-24-15-25-28/h3-9,14-16,19,22H,10-13H2,1-2H3,(H,26,29). The van der Waals surface area contributed by atoms with E-state index in [9.17, 15) is 4.79 Å². The van der Waals surface area contributed by atoms with Gasteiger partial charge in [-0.3, -0.25) is 9.69 Å². The molecule has 1 aliphatic rings. The first-order chi connectivity index (χ1) is 14.7. The van der Waals surface area contributed by atoms with Crippen LogP contribution in [0.4, 0.5) is 5.69 Å². The van der Waals surface area contributed by atoms with Crippen molar-refractivity contribution in [1.82, 2.24) is 19.7 Å². The minimum Gasteiger partial charge on any atom is -0.495 e. The van der Waals surface area contributed by atoms with E-state index in [-0.39, 0.29) is 11.9 Å². The molecule has 2 heterocycles. The van der Waals surface area contributed by atoms with Crippen molar-refractivity contribution in [3.8, 4) is 5.75 Å². The Bertz CT molecular complexity index is 967. The summed E-state index contributed by atoms with van der Waals surface area (Å²) < 4.78 is 7.37. The lowest BCUT2D eigenvalue weighted by Gasteiger charge is -2.37. The Hall–Kier alpha value is -3.19. The molecule has 1 saturated heterocycles. The first-order valence-electron chi connectivity index (χ1n) is 10.2. The summed E-state index contributed by atoms with van der Waals surface area (Å²) in [6, 6.07) is 15.7. The molecule has 7 heteroatoms. The summed E-state index contributed by atoms with van der Waals surface area (Å²) in [5, 5.41) is 7.38. The highest BCUT2D eigenvalue weighted by Gasteiger charge is 2.32. The van der Waals surface area contributed by atoms with Gasteiger partial charge in [-0.15, -0.1) is 0 Å². The number of rotatable bonds is 6. The highest BCUT2D eigenvalue weighted by molar-refractivity contribution is 5.96. The fourth-order valence-electron chi connectivity index (χ4n) is 4.10. The van der Waals surface area contributed by atoms with Crippen molar-refractivity contribution in [1.29, 1.82) is 0 Å². The number of benzene rings is 2. The lowest BCUT2D eigenvalue weighted by molar-refractivity contribution is -0.122. The van der Waals surface area contributed by atoms with Crippen molar-refractivity contribution < 1.29 is 9.53 Å². The van der Waals surface area contributed by atoms with Crippen molar-refractivity contribution in [3.05, 3.63) is 72.3 Å². The van der Waals surface area contributed by atoms with Gasteiger partial charge in [0.05, 0.1) is 18.8 Å². The number of nitrogens with one attached hydrogen (secondary N) is 1. The Morgan fingerprint density at radius 1 is 1.17 bits per heavy atom. The first-order valence-corrected chi connectivity index (χ1v) is 10.2. The average molecular weight is 406 g/mol. The van der Waals surface area contributed by atoms with Crippen LogP contribution in [-0.2, 0) is 4.79 Å². The van der Waals surface area contributed by atoms with Crippen molar-refractivity contribution in [2.45, 2.75) is 31.8 Å². The van der Waals surface area contributed by atoms with Crippen LogP contribution in [0.15, 0.2) is 61.2 Å². The van der Waals surface area contributed by atoms with Gasteiger partial charge in [0.15, 0.2) is 0 Å². The molecule has 1 N–H and O–H groups in total. The lowest BCUT2D eigenvalue weighted by Crippen LogP contribution is -2.42. The topological polar surface area (TPSA) is 72.3 Å². The molecule has 3 aromatic rings. The van der Waals surface area contributed by atoms with Gasteiger partial charge in [0.1, 0.15) is 24.4 Å². The molecule has 0 aliphatic carbocycles. The van der Waals surface area contributed by atoms with Gasteiger partial charge in [0.2, 0.25) is 5.91 Å². The number of likely N-dealkylation sites (tertiary alicyclic amines) is 1. The number of carbonyl (C=O) groups excluding carboxylic acids is 1. The Morgan fingerprint density at radius 2 is 1.93 bits per heavy atom. The summed E-state index contributed by atoms with van der Waals surface area (Å²) in [4.78, 5) is 19.8. The van der Waals surface area contributed by atoms with E-state index in [0.29, 0.717) is 17.5 Å². The monoisotopic (exact) mass is 405 g/mol. The smallest absolute Gasteiger partial charge is 0.246 e. The molecule has 7 nitrogen and oxygen atoms in total. The largest absolute Gasteiger partial charge is 0.495 e. The number of methoxy groups -OCH3 is 1. The Balaban J connectivity index is 1.55. The number of aromatic nitrogens is 3. The van der Waals surface area contributed by atoms with Crippen LogP contribution < -0.4 is 10.1 Å². The molecule has 0 spiro atoms. The SMILES string of the molecule is COc1ccc(C)cc1NC(=O)C(c1ccccc1)N1CCC(n2cncn2)CC1. The molecule has 0 saturated carbocycles. The zero-order valence-corrected chi connectivity index (χ0v) is 17.4. The second-order valence-corrected chi connectivity index (χ2v) is 7.65. The zero-order valence-electron chi connectivity index (χ0n) is 17.4. The third-order valence-electron chi connectivity index (χ3n) is 5.65. The molecular formula is C23H27N5O2. The normalized spacial score (nSPS) is 16.2. The molecule has 0 radical (unpaired) electrons. The third-order valence-corrected chi connectivity index (χ3v) is 5.65. The van der Waals surface area contributed by atoms with Crippen molar-refractivity contribution in [3.63, 3.8) is 0 Å². The Labute approximate surface area is 176 Å². The molecule has 1 unspecified atom stereocenters. The molecule has 1 fully saturated rings. The van der Waals surface area contributed by atoms with Gasteiger partial charge >= 0.3 is 0 Å². The van der Waals surface area contributed by atoms with Crippen LogP contribution in [-0.4, -0.2) is 45.8 Å². The van der Waals surface area contributed by atoms with E-state index in [1.807, 2.05) is 60.1 Å². The van der Waals surface area contributed by atoms with Crippen LogP contribution in [0.1, 0.15) is 36.1 Å². The number of piperidine rings is 1. The van der Waals surface area contributed by atoms with Gasteiger partial charge in [-0.1, -0.05) is 36.4 Å².